The highest BCUT2D eigenvalue weighted by atomic mass is 19.1. The van der Waals surface area contributed by atoms with Crippen LogP contribution < -0.4 is 10.1 Å². The van der Waals surface area contributed by atoms with E-state index in [4.69, 9.17) is 9.15 Å². The molecule has 0 unspecified atom stereocenters. The molecule has 0 atom stereocenters. The van der Waals surface area contributed by atoms with Crippen molar-refractivity contribution in [3.05, 3.63) is 90.2 Å². The Labute approximate surface area is 185 Å². The number of hydrogen-bond donors (Lipinski definition) is 1. The topological polar surface area (TPSA) is 64.4 Å². The van der Waals surface area contributed by atoms with E-state index in [1.54, 1.807) is 36.9 Å². The van der Waals surface area contributed by atoms with Gasteiger partial charge in [0.25, 0.3) is 0 Å². The van der Waals surface area contributed by atoms with Crippen molar-refractivity contribution in [1.82, 2.24) is 10.3 Å². The minimum atomic E-state index is -0.294. The van der Waals surface area contributed by atoms with Gasteiger partial charge in [-0.25, -0.2) is 4.39 Å². The SMILES string of the molecule is CCOc1cc2occ(-c3ccc(F)cc3)c2cc1/C(C)=C/C(=O)NCc1cccnc1. The molecule has 0 spiro atoms. The number of amides is 1. The molecule has 162 valence electrons. The number of allylic oxidation sites excluding steroid dienone is 1. The van der Waals surface area contributed by atoms with E-state index in [1.807, 2.05) is 38.1 Å². The summed E-state index contributed by atoms with van der Waals surface area (Å²) in [6, 6.07) is 13.8. The molecule has 6 heteroatoms. The lowest BCUT2D eigenvalue weighted by Crippen LogP contribution is -2.20. The van der Waals surface area contributed by atoms with Gasteiger partial charge in [-0.15, -0.1) is 0 Å². The van der Waals surface area contributed by atoms with Crippen molar-refractivity contribution in [3.8, 4) is 16.9 Å². The summed E-state index contributed by atoms with van der Waals surface area (Å²) in [5, 5.41) is 3.74. The molecule has 0 aliphatic carbocycles. The first kappa shape index (κ1) is 21.3. The molecule has 2 aromatic heterocycles. The van der Waals surface area contributed by atoms with E-state index in [0.29, 0.717) is 24.5 Å². The largest absolute Gasteiger partial charge is 0.493 e. The predicted molar refractivity (Wildman–Crippen MR) is 123 cm³/mol. The molecule has 0 fully saturated rings. The molecule has 0 radical (unpaired) electrons. The Morgan fingerprint density at radius 1 is 1.22 bits per heavy atom. The number of pyridine rings is 1. The molecule has 0 saturated carbocycles. The number of benzene rings is 2. The summed E-state index contributed by atoms with van der Waals surface area (Å²) in [4.78, 5) is 16.6. The molecule has 1 amide bonds. The first-order chi connectivity index (χ1) is 15.5. The average molecular weight is 430 g/mol. The molecule has 2 heterocycles. The van der Waals surface area contributed by atoms with Crippen molar-refractivity contribution in [3.63, 3.8) is 0 Å². The molecule has 5 nitrogen and oxygen atoms in total. The van der Waals surface area contributed by atoms with E-state index >= 15 is 0 Å². The Hall–Kier alpha value is -3.93. The second kappa shape index (κ2) is 9.47. The van der Waals surface area contributed by atoms with E-state index in [0.717, 1.165) is 33.2 Å². The molecule has 0 saturated heterocycles. The zero-order chi connectivity index (χ0) is 22.5. The Morgan fingerprint density at radius 2 is 2.03 bits per heavy atom. The number of hydrogen-bond acceptors (Lipinski definition) is 4. The highest BCUT2D eigenvalue weighted by molar-refractivity contribution is 6.00. The van der Waals surface area contributed by atoms with Crippen LogP contribution >= 0.6 is 0 Å². The normalized spacial score (nSPS) is 11.5. The Balaban J connectivity index is 1.66. The van der Waals surface area contributed by atoms with Crippen molar-refractivity contribution >= 4 is 22.4 Å². The summed E-state index contributed by atoms with van der Waals surface area (Å²) in [6.07, 6.45) is 6.61. The number of ether oxygens (including phenoxy) is 1. The molecule has 1 N–H and O–H groups in total. The van der Waals surface area contributed by atoms with Gasteiger partial charge in [-0.2, -0.15) is 0 Å². The lowest BCUT2D eigenvalue weighted by Gasteiger charge is -2.12. The van der Waals surface area contributed by atoms with Gasteiger partial charge in [0.15, 0.2) is 0 Å². The number of furan rings is 1. The fourth-order valence-corrected chi connectivity index (χ4v) is 3.51. The van der Waals surface area contributed by atoms with Gasteiger partial charge in [-0.1, -0.05) is 18.2 Å². The van der Waals surface area contributed by atoms with Gasteiger partial charge in [0.1, 0.15) is 17.1 Å². The van der Waals surface area contributed by atoms with Crippen LogP contribution in [0, 0.1) is 5.82 Å². The summed E-state index contributed by atoms with van der Waals surface area (Å²) in [5.41, 5.74) is 4.82. The fourth-order valence-electron chi connectivity index (χ4n) is 3.51. The van der Waals surface area contributed by atoms with E-state index in [1.165, 1.54) is 12.1 Å². The van der Waals surface area contributed by atoms with Gasteiger partial charge in [0, 0.05) is 47.6 Å². The number of halogens is 1. The molecule has 4 aromatic rings. The van der Waals surface area contributed by atoms with Crippen LogP contribution in [0.3, 0.4) is 0 Å². The Morgan fingerprint density at radius 3 is 2.75 bits per heavy atom. The van der Waals surface area contributed by atoms with E-state index in [-0.39, 0.29) is 11.7 Å². The minimum Gasteiger partial charge on any atom is -0.493 e. The first-order valence-corrected chi connectivity index (χ1v) is 10.3. The molecule has 0 bridgehead atoms. The van der Waals surface area contributed by atoms with Crippen LogP contribution in [0.5, 0.6) is 5.75 Å². The summed E-state index contributed by atoms with van der Waals surface area (Å²) >= 11 is 0. The van der Waals surface area contributed by atoms with Crippen molar-refractivity contribution in [2.75, 3.05) is 6.61 Å². The van der Waals surface area contributed by atoms with Crippen LogP contribution in [0.2, 0.25) is 0 Å². The van der Waals surface area contributed by atoms with Crippen molar-refractivity contribution in [2.45, 2.75) is 20.4 Å². The fraction of sp³-hybridized carbons (Fsp3) is 0.154. The van der Waals surface area contributed by atoms with Crippen LogP contribution in [-0.4, -0.2) is 17.5 Å². The molecule has 0 aliphatic heterocycles. The summed E-state index contributed by atoms with van der Waals surface area (Å²) in [7, 11) is 0. The van der Waals surface area contributed by atoms with Crippen molar-refractivity contribution in [2.24, 2.45) is 0 Å². The van der Waals surface area contributed by atoms with Crippen LogP contribution in [-0.2, 0) is 11.3 Å². The number of carbonyl (C=O) groups is 1. The van der Waals surface area contributed by atoms with Gasteiger partial charge in [0.2, 0.25) is 5.91 Å². The standard InChI is InChI=1S/C26H23FN2O3/c1-3-31-24-13-25-22(23(16-32-25)19-6-8-20(27)9-7-19)12-21(24)17(2)11-26(30)29-15-18-5-4-10-28-14-18/h4-14,16H,3,15H2,1-2H3,(H,29,30)/b17-11+. The lowest BCUT2D eigenvalue weighted by molar-refractivity contribution is -0.116. The van der Waals surface area contributed by atoms with Gasteiger partial charge in [-0.3, -0.25) is 9.78 Å². The maximum absolute atomic E-state index is 13.4. The third-order valence-electron chi connectivity index (χ3n) is 5.09. The summed E-state index contributed by atoms with van der Waals surface area (Å²) in [6.45, 7) is 4.64. The predicted octanol–water partition coefficient (Wildman–Crippen LogP) is 5.75. The van der Waals surface area contributed by atoms with Crippen molar-refractivity contribution < 1.29 is 18.3 Å². The van der Waals surface area contributed by atoms with E-state index in [2.05, 4.69) is 10.3 Å². The zero-order valence-electron chi connectivity index (χ0n) is 17.9. The number of rotatable bonds is 7. The minimum absolute atomic E-state index is 0.208. The maximum Gasteiger partial charge on any atom is 0.244 e. The third kappa shape index (κ3) is 4.70. The molecular formula is C26H23FN2O3. The van der Waals surface area contributed by atoms with Gasteiger partial charge >= 0.3 is 0 Å². The smallest absolute Gasteiger partial charge is 0.244 e. The molecule has 2 aromatic carbocycles. The highest BCUT2D eigenvalue weighted by Crippen LogP contribution is 2.37. The maximum atomic E-state index is 13.4. The van der Waals surface area contributed by atoms with Gasteiger partial charge < -0.3 is 14.5 Å². The van der Waals surface area contributed by atoms with Crippen LogP contribution in [0.1, 0.15) is 25.0 Å². The van der Waals surface area contributed by atoms with Gasteiger partial charge in [-0.05, 0) is 54.8 Å². The Kier molecular flexibility index (Phi) is 6.31. The number of aromatic nitrogens is 1. The van der Waals surface area contributed by atoms with Crippen molar-refractivity contribution in [1.29, 1.82) is 0 Å². The number of nitrogens with one attached hydrogen (secondary N) is 1. The van der Waals surface area contributed by atoms with Crippen LogP contribution in [0.15, 0.2) is 77.7 Å². The van der Waals surface area contributed by atoms with E-state index < -0.39 is 0 Å². The van der Waals surface area contributed by atoms with Gasteiger partial charge in [0.05, 0.1) is 12.9 Å². The zero-order valence-corrected chi connectivity index (χ0v) is 17.9. The van der Waals surface area contributed by atoms with Crippen LogP contribution in [0.4, 0.5) is 4.39 Å². The second-order valence-corrected chi connectivity index (χ2v) is 7.34. The number of fused-ring (bicyclic) bond motifs is 1. The third-order valence-corrected chi connectivity index (χ3v) is 5.09. The monoisotopic (exact) mass is 430 g/mol. The highest BCUT2D eigenvalue weighted by Gasteiger charge is 2.15. The lowest BCUT2D eigenvalue weighted by atomic mass is 9.99. The number of carbonyl (C=O) groups excluding carboxylic acids is 1. The molecule has 32 heavy (non-hydrogen) atoms. The number of nitrogens with zero attached hydrogens (tertiary/aromatic N) is 1. The summed E-state index contributed by atoms with van der Waals surface area (Å²) in [5.74, 6) is 0.130. The summed E-state index contributed by atoms with van der Waals surface area (Å²) < 4.78 is 24.9. The quantitative estimate of drug-likeness (QED) is 0.379. The average Bonchev–Trinajstić information content (AvgIpc) is 3.21. The first-order valence-electron chi connectivity index (χ1n) is 10.3. The second-order valence-electron chi connectivity index (χ2n) is 7.34. The molecular weight excluding hydrogens is 407 g/mol. The molecule has 0 aliphatic rings. The van der Waals surface area contributed by atoms with Crippen LogP contribution in [0.25, 0.3) is 27.7 Å². The van der Waals surface area contributed by atoms with E-state index in [9.17, 15) is 9.18 Å². The Bertz CT molecular complexity index is 1260. The molecule has 4 rings (SSSR count).